The minimum Gasteiger partial charge on any atom is -0.292 e. The smallest absolute Gasteiger partial charge is 0.243 e. The van der Waals surface area contributed by atoms with Crippen molar-refractivity contribution < 1.29 is 0 Å². The molecule has 3 nitrogen and oxygen atoms in total. The Balaban J connectivity index is 1.42. The first-order valence-electron chi connectivity index (χ1n) is 18.1. The van der Waals surface area contributed by atoms with Crippen molar-refractivity contribution in [3.8, 4) is 11.3 Å². The fraction of sp³-hybridized carbons (Fsp3) is 0.125. The van der Waals surface area contributed by atoms with Gasteiger partial charge in [0.25, 0.3) is 0 Å². The van der Waals surface area contributed by atoms with Crippen LogP contribution in [0.5, 0.6) is 0 Å². The van der Waals surface area contributed by atoms with Crippen molar-refractivity contribution in [3.05, 3.63) is 179 Å². The molecule has 0 spiro atoms. The van der Waals surface area contributed by atoms with Crippen LogP contribution in [0.1, 0.15) is 33.4 Å². The minimum atomic E-state index is 0.0485. The highest BCUT2D eigenvalue weighted by Gasteiger charge is 2.31. The lowest BCUT2D eigenvalue weighted by molar-refractivity contribution is 1.14. The molecule has 0 unspecified atom stereocenters. The molecular formula is C48H42BN3. The van der Waals surface area contributed by atoms with Gasteiger partial charge in [0.1, 0.15) is 0 Å². The van der Waals surface area contributed by atoms with Crippen LogP contribution in [0.15, 0.2) is 146 Å². The summed E-state index contributed by atoms with van der Waals surface area (Å²) in [4.78, 5) is 12.4. The van der Waals surface area contributed by atoms with E-state index < -0.39 is 0 Å². The van der Waals surface area contributed by atoms with Gasteiger partial charge in [-0.3, -0.25) is 9.88 Å². The van der Waals surface area contributed by atoms with Gasteiger partial charge in [-0.25, -0.2) is 4.98 Å². The molecule has 52 heavy (non-hydrogen) atoms. The maximum atomic E-state index is 5.29. The van der Waals surface area contributed by atoms with Gasteiger partial charge in [0.15, 0.2) is 5.82 Å². The Morgan fingerprint density at radius 1 is 0.481 bits per heavy atom. The number of hydrogen-bond acceptors (Lipinski definition) is 3. The van der Waals surface area contributed by atoms with Crippen LogP contribution in [-0.2, 0) is 0 Å². The van der Waals surface area contributed by atoms with Crippen LogP contribution < -0.4 is 21.3 Å². The van der Waals surface area contributed by atoms with E-state index in [2.05, 4.69) is 162 Å². The third kappa shape index (κ3) is 5.94. The number of nitrogens with zero attached hydrogens (tertiary/aromatic N) is 3. The van der Waals surface area contributed by atoms with E-state index in [0.717, 1.165) is 39.2 Å². The van der Waals surface area contributed by atoms with Gasteiger partial charge in [0.2, 0.25) is 6.71 Å². The quantitative estimate of drug-likeness (QED) is 0.158. The Bertz CT molecular complexity index is 2500. The van der Waals surface area contributed by atoms with Crippen molar-refractivity contribution in [3.63, 3.8) is 0 Å². The average Bonchev–Trinajstić information content (AvgIpc) is 3.14. The minimum absolute atomic E-state index is 0.0485. The molecule has 0 atom stereocenters. The van der Waals surface area contributed by atoms with Crippen molar-refractivity contribution in [2.24, 2.45) is 0 Å². The summed E-state index contributed by atoms with van der Waals surface area (Å²) in [5.74, 6) is 0.766. The molecule has 1 heterocycles. The van der Waals surface area contributed by atoms with Gasteiger partial charge < -0.3 is 0 Å². The molecule has 0 amide bonds. The van der Waals surface area contributed by atoms with Crippen LogP contribution in [0.3, 0.4) is 0 Å². The zero-order valence-electron chi connectivity index (χ0n) is 30.8. The maximum Gasteiger partial charge on any atom is 0.243 e. The molecule has 7 aromatic carbocycles. The first-order chi connectivity index (χ1) is 25.3. The summed E-state index contributed by atoms with van der Waals surface area (Å²) in [6, 6.07) is 48.3. The number of rotatable bonds is 7. The van der Waals surface area contributed by atoms with Crippen molar-refractivity contribution in [2.75, 3.05) is 4.90 Å². The second-order valence-electron chi connectivity index (χ2n) is 14.2. The van der Waals surface area contributed by atoms with E-state index in [1.807, 2.05) is 30.6 Å². The predicted octanol–water partition coefficient (Wildman–Crippen LogP) is 10.3. The van der Waals surface area contributed by atoms with Crippen LogP contribution >= 0.6 is 0 Å². The summed E-state index contributed by atoms with van der Waals surface area (Å²) < 4.78 is 0. The molecule has 0 bridgehead atoms. The van der Waals surface area contributed by atoms with Crippen molar-refractivity contribution in [1.82, 2.24) is 9.97 Å². The summed E-state index contributed by atoms with van der Waals surface area (Å²) in [5, 5.41) is 4.71. The van der Waals surface area contributed by atoms with E-state index in [9.17, 15) is 0 Å². The largest absolute Gasteiger partial charge is 0.292 e. The number of benzene rings is 7. The van der Waals surface area contributed by atoms with Gasteiger partial charge in [-0.15, -0.1) is 0 Å². The van der Waals surface area contributed by atoms with E-state index in [4.69, 9.17) is 9.97 Å². The second kappa shape index (κ2) is 13.6. The lowest BCUT2D eigenvalue weighted by Crippen LogP contribution is -2.56. The molecule has 0 N–H and O–H groups in total. The first-order valence-corrected chi connectivity index (χ1v) is 18.1. The molecule has 0 radical (unpaired) electrons. The monoisotopic (exact) mass is 671 g/mol. The van der Waals surface area contributed by atoms with Crippen molar-refractivity contribution in [1.29, 1.82) is 0 Å². The SMILES string of the molecule is Cc1cc(C)c(B(c2c(C)cc(C)cc2C)c2ccc(N(c3cncc(-c4ccccc4)n3)c3cccc4ccccc34)c3ccccc23)c(C)c1. The zero-order valence-corrected chi connectivity index (χ0v) is 30.8. The van der Waals surface area contributed by atoms with E-state index in [1.54, 1.807) is 0 Å². The molecule has 4 heteroatoms. The fourth-order valence-electron chi connectivity index (χ4n) is 8.49. The molecule has 8 rings (SSSR count). The molecule has 0 aliphatic carbocycles. The Hall–Kier alpha value is -6.00. The highest BCUT2D eigenvalue weighted by molar-refractivity contribution is 6.98. The number of fused-ring (bicyclic) bond motifs is 2. The highest BCUT2D eigenvalue weighted by Crippen LogP contribution is 2.41. The maximum absolute atomic E-state index is 5.29. The lowest BCUT2D eigenvalue weighted by Gasteiger charge is -2.29. The molecule has 0 aliphatic heterocycles. The molecular weight excluding hydrogens is 629 g/mol. The van der Waals surface area contributed by atoms with Crippen LogP contribution in [-0.4, -0.2) is 16.7 Å². The Kier molecular flexibility index (Phi) is 8.68. The zero-order chi connectivity index (χ0) is 35.9. The van der Waals surface area contributed by atoms with Crippen molar-refractivity contribution >= 4 is 61.8 Å². The normalized spacial score (nSPS) is 11.3. The van der Waals surface area contributed by atoms with Crippen LogP contribution in [0.4, 0.5) is 17.2 Å². The topological polar surface area (TPSA) is 29.0 Å². The van der Waals surface area contributed by atoms with Crippen LogP contribution in [0, 0.1) is 41.5 Å². The number of aromatic nitrogens is 2. The van der Waals surface area contributed by atoms with E-state index in [1.165, 1.54) is 60.5 Å². The summed E-state index contributed by atoms with van der Waals surface area (Å²) in [6.07, 6.45) is 3.74. The second-order valence-corrected chi connectivity index (χ2v) is 14.2. The van der Waals surface area contributed by atoms with Gasteiger partial charge in [0, 0.05) is 16.3 Å². The Morgan fingerprint density at radius 3 is 1.67 bits per heavy atom. The van der Waals surface area contributed by atoms with E-state index in [0.29, 0.717) is 0 Å². The van der Waals surface area contributed by atoms with Crippen LogP contribution in [0.25, 0.3) is 32.8 Å². The fourth-order valence-corrected chi connectivity index (χ4v) is 8.49. The van der Waals surface area contributed by atoms with Gasteiger partial charge >= 0.3 is 0 Å². The van der Waals surface area contributed by atoms with Gasteiger partial charge in [-0.2, -0.15) is 0 Å². The first kappa shape index (κ1) is 33.2. The Morgan fingerprint density at radius 2 is 1.02 bits per heavy atom. The van der Waals surface area contributed by atoms with Gasteiger partial charge in [-0.05, 0) is 64.4 Å². The number of hydrogen-bond donors (Lipinski definition) is 0. The van der Waals surface area contributed by atoms with E-state index >= 15 is 0 Å². The molecule has 0 saturated heterocycles. The summed E-state index contributed by atoms with van der Waals surface area (Å²) in [5.41, 5.74) is 15.9. The van der Waals surface area contributed by atoms with E-state index in [-0.39, 0.29) is 6.71 Å². The molecule has 0 aliphatic rings. The van der Waals surface area contributed by atoms with Crippen molar-refractivity contribution in [2.45, 2.75) is 41.5 Å². The van der Waals surface area contributed by atoms with Gasteiger partial charge in [0.05, 0.1) is 29.5 Å². The molecule has 1 aromatic heterocycles. The summed E-state index contributed by atoms with van der Waals surface area (Å²) >= 11 is 0. The summed E-state index contributed by atoms with van der Waals surface area (Å²) in [7, 11) is 0. The molecule has 252 valence electrons. The molecule has 0 fully saturated rings. The summed E-state index contributed by atoms with van der Waals surface area (Å²) in [6.45, 7) is 13.5. The average molecular weight is 672 g/mol. The predicted molar refractivity (Wildman–Crippen MR) is 223 cm³/mol. The third-order valence-corrected chi connectivity index (χ3v) is 10.5. The molecule has 8 aromatic rings. The number of aryl methyl sites for hydroxylation is 6. The van der Waals surface area contributed by atoms with Crippen LogP contribution in [0.2, 0.25) is 0 Å². The lowest BCUT2D eigenvalue weighted by atomic mass is 9.33. The molecule has 0 saturated carbocycles. The Labute approximate surface area is 307 Å². The highest BCUT2D eigenvalue weighted by atomic mass is 15.2. The standard InChI is InChI=1S/C48H42BN3/c1-31-25-33(3)47(34(4)26-31)49(48-35(5)27-32(2)28-36(48)6)42-23-24-45(41-21-13-12-20-40(41)42)52(44-22-14-18-37-15-10-11-19-39(37)44)46-30-50-29-43(51-46)38-16-8-7-9-17-38/h7-30H,1-6H3. The van der Waals surface area contributed by atoms with Gasteiger partial charge in [-0.1, -0.05) is 171 Å². The third-order valence-electron chi connectivity index (χ3n) is 10.5. The number of anilines is 3.